The third-order valence-electron chi connectivity index (χ3n) is 4.58. The van der Waals surface area contributed by atoms with Gasteiger partial charge in [0.15, 0.2) is 5.96 Å². The second kappa shape index (κ2) is 5.06. The minimum atomic E-state index is 0.547. The number of benzene rings is 2. The van der Waals surface area contributed by atoms with Gasteiger partial charge in [-0.25, -0.2) is 0 Å². The standard InChI is InChI=1S/C18H21N3/c1-21-10-4-9-19-18(21)20-17-12-16(17)15-8-7-13-5-2-3-6-14(13)11-15/h2-3,5-8,11,16-17H,4,9-10,12H2,1H3,(H,19,20)/t16-,17+/m0/s1. The second-order valence-electron chi connectivity index (χ2n) is 6.18. The molecule has 3 heteroatoms. The Morgan fingerprint density at radius 1 is 1.14 bits per heavy atom. The number of rotatable bonds is 2. The number of nitrogens with zero attached hydrogens (tertiary/aromatic N) is 2. The van der Waals surface area contributed by atoms with Crippen LogP contribution in [0.3, 0.4) is 0 Å². The van der Waals surface area contributed by atoms with Crippen LogP contribution >= 0.6 is 0 Å². The Balaban J connectivity index is 1.49. The SMILES string of the molecule is CN1CCCN=C1N[C@@H]1C[C@H]1c1ccc2ccccc2c1. The van der Waals surface area contributed by atoms with Crippen molar-refractivity contribution in [3.8, 4) is 0 Å². The molecule has 4 rings (SSSR count). The lowest BCUT2D eigenvalue weighted by Crippen LogP contribution is -2.43. The molecule has 0 radical (unpaired) electrons. The van der Waals surface area contributed by atoms with Gasteiger partial charge in [-0.05, 0) is 29.2 Å². The minimum Gasteiger partial charge on any atom is -0.353 e. The van der Waals surface area contributed by atoms with Crippen molar-refractivity contribution < 1.29 is 0 Å². The number of aliphatic imine (C=N–C) groups is 1. The zero-order valence-corrected chi connectivity index (χ0v) is 12.4. The third kappa shape index (κ3) is 2.48. The van der Waals surface area contributed by atoms with Gasteiger partial charge in [-0.1, -0.05) is 42.5 Å². The van der Waals surface area contributed by atoms with E-state index in [1.54, 1.807) is 0 Å². The fraction of sp³-hybridized carbons (Fsp3) is 0.389. The lowest BCUT2D eigenvalue weighted by molar-refractivity contribution is 0.445. The smallest absolute Gasteiger partial charge is 0.193 e. The van der Waals surface area contributed by atoms with E-state index in [1.165, 1.54) is 29.2 Å². The van der Waals surface area contributed by atoms with Crippen LogP contribution in [-0.4, -0.2) is 37.0 Å². The first kappa shape index (κ1) is 12.7. The topological polar surface area (TPSA) is 27.6 Å². The predicted molar refractivity (Wildman–Crippen MR) is 87.8 cm³/mol. The maximum atomic E-state index is 4.60. The van der Waals surface area contributed by atoms with E-state index in [0.717, 1.165) is 19.0 Å². The summed E-state index contributed by atoms with van der Waals surface area (Å²) < 4.78 is 0. The number of nitrogens with one attached hydrogen (secondary N) is 1. The largest absolute Gasteiger partial charge is 0.353 e. The van der Waals surface area contributed by atoms with Crippen LogP contribution in [0, 0.1) is 0 Å². The van der Waals surface area contributed by atoms with Gasteiger partial charge in [0.1, 0.15) is 0 Å². The molecule has 2 atom stereocenters. The van der Waals surface area contributed by atoms with E-state index >= 15 is 0 Å². The van der Waals surface area contributed by atoms with Gasteiger partial charge in [-0.3, -0.25) is 4.99 Å². The summed E-state index contributed by atoms with van der Waals surface area (Å²) in [5, 5.41) is 6.28. The Labute approximate surface area is 125 Å². The molecular formula is C18H21N3. The van der Waals surface area contributed by atoms with Crippen molar-refractivity contribution in [1.29, 1.82) is 0 Å². The summed E-state index contributed by atoms with van der Waals surface area (Å²) in [5.74, 6) is 1.71. The fourth-order valence-corrected chi connectivity index (χ4v) is 3.20. The Morgan fingerprint density at radius 3 is 2.86 bits per heavy atom. The van der Waals surface area contributed by atoms with Crippen molar-refractivity contribution in [2.24, 2.45) is 4.99 Å². The molecule has 21 heavy (non-hydrogen) atoms. The Kier molecular flexibility index (Phi) is 3.06. The van der Waals surface area contributed by atoms with Crippen LogP contribution in [0.15, 0.2) is 47.5 Å². The molecule has 0 spiro atoms. The highest BCUT2D eigenvalue weighted by Crippen LogP contribution is 2.41. The molecule has 1 heterocycles. The molecule has 3 nitrogen and oxygen atoms in total. The first-order chi connectivity index (χ1) is 10.3. The number of fused-ring (bicyclic) bond motifs is 1. The van der Waals surface area contributed by atoms with E-state index < -0.39 is 0 Å². The van der Waals surface area contributed by atoms with E-state index in [2.05, 4.69) is 64.7 Å². The van der Waals surface area contributed by atoms with E-state index in [4.69, 9.17) is 0 Å². The van der Waals surface area contributed by atoms with Crippen molar-refractivity contribution in [2.75, 3.05) is 20.1 Å². The second-order valence-corrected chi connectivity index (χ2v) is 6.18. The summed E-state index contributed by atoms with van der Waals surface area (Å²) in [6, 6.07) is 16.0. The molecule has 0 saturated heterocycles. The Bertz CT molecular complexity index is 692. The third-order valence-corrected chi connectivity index (χ3v) is 4.58. The van der Waals surface area contributed by atoms with Crippen molar-refractivity contribution in [3.05, 3.63) is 48.0 Å². The maximum Gasteiger partial charge on any atom is 0.193 e. The lowest BCUT2D eigenvalue weighted by atomic mass is 10.0. The maximum absolute atomic E-state index is 4.60. The number of hydrogen-bond acceptors (Lipinski definition) is 3. The van der Waals surface area contributed by atoms with E-state index in [-0.39, 0.29) is 0 Å². The highest BCUT2D eigenvalue weighted by Gasteiger charge is 2.39. The van der Waals surface area contributed by atoms with Crippen LogP contribution in [0.4, 0.5) is 0 Å². The van der Waals surface area contributed by atoms with Crippen molar-refractivity contribution in [2.45, 2.75) is 24.8 Å². The van der Waals surface area contributed by atoms with Crippen LogP contribution in [0.2, 0.25) is 0 Å². The molecule has 0 amide bonds. The molecule has 0 unspecified atom stereocenters. The lowest BCUT2D eigenvalue weighted by Gasteiger charge is -2.25. The summed E-state index contributed by atoms with van der Waals surface area (Å²) in [6.07, 6.45) is 2.38. The Morgan fingerprint density at radius 2 is 2.00 bits per heavy atom. The minimum absolute atomic E-state index is 0.547. The van der Waals surface area contributed by atoms with Crippen LogP contribution in [-0.2, 0) is 0 Å². The molecule has 2 aromatic carbocycles. The van der Waals surface area contributed by atoms with Crippen molar-refractivity contribution in [3.63, 3.8) is 0 Å². The molecule has 1 aliphatic heterocycles. The number of hydrogen-bond donors (Lipinski definition) is 1. The van der Waals surface area contributed by atoms with E-state index in [9.17, 15) is 0 Å². The molecule has 0 aromatic heterocycles. The average Bonchev–Trinajstić information content (AvgIpc) is 3.28. The summed E-state index contributed by atoms with van der Waals surface area (Å²) in [5.41, 5.74) is 1.45. The molecule has 1 fully saturated rings. The molecule has 1 N–H and O–H groups in total. The van der Waals surface area contributed by atoms with Crippen molar-refractivity contribution in [1.82, 2.24) is 10.2 Å². The molecule has 2 aliphatic rings. The van der Waals surface area contributed by atoms with Gasteiger partial charge in [0, 0.05) is 32.1 Å². The van der Waals surface area contributed by atoms with Gasteiger partial charge in [-0.2, -0.15) is 0 Å². The van der Waals surface area contributed by atoms with Crippen molar-refractivity contribution >= 4 is 16.7 Å². The summed E-state index contributed by atoms with van der Waals surface area (Å²) >= 11 is 0. The van der Waals surface area contributed by atoms with Gasteiger partial charge >= 0.3 is 0 Å². The van der Waals surface area contributed by atoms with Crippen LogP contribution in [0.1, 0.15) is 24.3 Å². The average molecular weight is 279 g/mol. The zero-order valence-electron chi connectivity index (χ0n) is 12.4. The molecule has 108 valence electrons. The molecule has 1 aliphatic carbocycles. The molecule has 1 saturated carbocycles. The van der Waals surface area contributed by atoms with Gasteiger partial charge in [0.25, 0.3) is 0 Å². The predicted octanol–water partition coefficient (Wildman–Crippen LogP) is 2.98. The highest BCUT2D eigenvalue weighted by molar-refractivity contribution is 5.84. The summed E-state index contributed by atoms with van der Waals surface area (Å²) in [6.45, 7) is 2.07. The summed E-state index contributed by atoms with van der Waals surface area (Å²) in [7, 11) is 2.12. The summed E-state index contributed by atoms with van der Waals surface area (Å²) in [4.78, 5) is 6.84. The molecular weight excluding hydrogens is 258 g/mol. The van der Waals surface area contributed by atoms with E-state index in [1.807, 2.05) is 0 Å². The van der Waals surface area contributed by atoms with Crippen LogP contribution < -0.4 is 5.32 Å². The van der Waals surface area contributed by atoms with E-state index in [0.29, 0.717) is 12.0 Å². The molecule has 0 bridgehead atoms. The monoisotopic (exact) mass is 279 g/mol. The molecule has 2 aromatic rings. The van der Waals surface area contributed by atoms with Gasteiger partial charge < -0.3 is 10.2 Å². The number of guanidine groups is 1. The van der Waals surface area contributed by atoms with Crippen LogP contribution in [0.25, 0.3) is 10.8 Å². The normalized spacial score (nSPS) is 24.8. The van der Waals surface area contributed by atoms with Crippen LogP contribution in [0.5, 0.6) is 0 Å². The van der Waals surface area contributed by atoms with Gasteiger partial charge in [-0.15, -0.1) is 0 Å². The zero-order chi connectivity index (χ0) is 14.2. The fourth-order valence-electron chi connectivity index (χ4n) is 3.20. The highest BCUT2D eigenvalue weighted by atomic mass is 15.3. The Hall–Kier alpha value is -2.03. The van der Waals surface area contributed by atoms with Gasteiger partial charge in [0.2, 0.25) is 0 Å². The quantitative estimate of drug-likeness (QED) is 0.915. The van der Waals surface area contributed by atoms with Gasteiger partial charge in [0.05, 0.1) is 0 Å². The first-order valence-electron chi connectivity index (χ1n) is 7.82. The first-order valence-corrected chi connectivity index (χ1v) is 7.82.